The summed E-state index contributed by atoms with van der Waals surface area (Å²) in [4.78, 5) is 16.0. The molecule has 0 unspecified atom stereocenters. The van der Waals surface area contributed by atoms with Gasteiger partial charge in [-0.15, -0.1) is 11.3 Å². The van der Waals surface area contributed by atoms with Crippen LogP contribution >= 0.6 is 34.5 Å². The third-order valence-electron chi connectivity index (χ3n) is 2.23. The summed E-state index contributed by atoms with van der Waals surface area (Å²) >= 11 is 13.2. The summed E-state index contributed by atoms with van der Waals surface area (Å²) in [5, 5.41) is 6.26. The van der Waals surface area contributed by atoms with Gasteiger partial charge in [0.15, 0.2) is 5.13 Å². The van der Waals surface area contributed by atoms with Crippen LogP contribution in [0.4, 0.5) is 5.13 Å². The van der Waals surface area contributed by atoms with Crippen LogP contribution in [0, 0.1) is 6.92 Å². The van der Waals surface area contributed by atoms with Crippen LogP contribution in [0.5, 0.6) is 0 Å². The van der Waals surface area contributed by atoms with E-state index in [9.17, 15) is 4.79 Å². The largest absolute Gasteiger partial charge is 0.302 e. The minimum Gasteiger partial charge on any atom is -0.302 e. The minimum absolute atomic E-state index is 0.145. The molecule has 0 aliphatic carbocycles. The lowest BCUT2D eigenvalue weighted by atomic mass is 10.1. The Kier molecular flexibility index (Phi) is 4.22. The van der Waals surface area contributed by atoms with Crippen LogP contribution < -0.4 is 5.32 Å². The van der Waals surface area contributed by atoms with E-state index in [0.29, 0.717) is 15.2 Å². The Labute approximate surface area is 119 Å². The molecule has 0 aliphatic rings. The molecule has 0 spiro atoms. The van der Waals surface area contributed by atoms with Crippen LogP contribution in [0.15, 0.2) is 23.6 Å². The second kappa shape index (κ2) is 5.69. The molecule has 2 aromatic rings. The molecule has 1 amide bonds. The molecule has 0 bridgehead atoms. The number of nitrogens with one attached hydrogen (secondary N) is 1. The Hall–Kier alpha value is -1.10. The molecule has 0 saturated heterocycles. The molecular weight excluding hydrogens is 291 g/mol. The van der Waals surface area contributed by atoms with E-state index >= 15 is 0 Å². The SMILES string of the molecule is Cc1csc(NC(=O)Cc2ccc(Cl)cc2Cl)n1. The van der Waals surface area contributed by atoms with Gasteiger partial charge in [0.1, 0.15) is 0 Å². The maximum absolute atomic E-state index is 11.8. The van der Waals surface area contributed by atoms with Crippen molar-refractivity contribution in [2.24, 2.45) is 0 Å². The maximum Gasteiger partial charge on any atom is 0.230 e. The number of hydrogen-bond donors (Lipinski definition) is 1. The summed E-state index contributed by atoms with van der Waals surface area (Å²) < 4.78 is 0. The van der Waals surface area contributed by atoms with E-state index < -0.39 is 0 Å². The highest BCUT2D eigenvalue weighted by Crippen LogP contribution is 2.22. The topological polar surface area (TPSA) is 42.0 Å². The maximum atomic E-state index is 11.8. The van der Waals surface area contributed by atoms with Crippen molar-refractivity contribution in [2.45, 2.75) is 13.3 Å². The number of hydrogen-bond acceptors (Lipinski definition) is 3. The molecule has 2 rings (SSSR count). The average molecular weight is 301 g/mol. The standard InChI is InChI=1S/C12H10Cl2N2OS/c1-7-6-18-12(15-7)16-11(17)4-8-2-3-9(13)5-10(8)14/h2-3,5-6H,4H2,1H3,(H,15,16,17). The normalized spacial score (nSPS) is 10.4. The number of amides is 1. The summed E-state index contributed by atoms with van der Waals surface area (Å²) in [6, 6.07) is 5.08. The summed E-state index contributed by atoms with van der Waals surface area (Å²) in [5.41, 5.74) is 1.63. The fraction of sp³-hybridized carbons (Fsp3) is 0.167. The zero-order valence-corrected chi connectivity index (χ0v) is 11.9. The van der Waals surface area contributed by atoms with Gasteiger partial charge in [-0.25, -0.2) is 4.98 Å². The highest BCUT2D eigenvalue weighted by atomic mass is 35.5. The second-order valence-electron chi connectivity index (χ2n) is 3.75. The molecule has 1 aromatic heterocycles. The van der Waals surface area contributed by atoms with E-state index in [2.05, 4.69) is 10.3 Å². The van der Waals surface area contributed by atoms with Crippen LogP contribution in [0.1, 0.15) is 11.3 Å². The van der Waals surface area contributed by atoms with E-state index in [0.717, 1.165) is 11.3 Å². The van der Waals surface area contributed by atoms with Crippen molar-refractivity contribution in [3.63, 3.8) is 0 Å². The van der Waals surface area contributed by atoms with Crippen LogP contribution in [-0.2, 0) is 11.2 Å². The number of anilines is 1. The molecule has 0 atom stereocenters. The summed E-state index contributed by atoms with van der Waals surface area (Å²) in [6.07, 6.45) is 0.203. The Morgan fingerprint density at radius 2 is 2.22 bits per heavy atom. The van der Waals surface area contributed by atoms with Crippen molar-refractivity contribution in [1.82, 2.24) is 4.98 Å². The van der Waals surface area contributed by atoms with Crippen molar-refractivity contribution in [2.75, 3.05) is 5.32 Å². The summed E-state index contributed by atoms with van der Waals surface area (Å²) in [5.74, 6) is -0.145. The minimum atomic E-state index is -0.145. The quantitative estimate of drug-likeness (QED) is 0.933. The third kappa shape index (κ3) is 3.45. The first-order valence-electron chi connectivity index (χ1n) is 5.20. The molecule has 0 fully saturated rings. The molecule has 0 radical (unpaired) electrons. The fourth-order valence-corrected chi connectivity index (χ4v) is 2.59. The van der Waals surface area contributed by atoms with Crippen molar-refractivity contribution >= 4 is 45.6 Å². The van der Waals surface area contributed by atoms with E-state index in [-0.39, 0.29) is 12.3 Å². The lowest BCUT2D eigenvalue weighted by molar-refractivity contribution is -0.115. The molecule has 18 heavy (non-hydrogen) atoms. The number of rotatable bonds is 3. The number of thiazole rings is 1. The van der Waals surface area contributed by atoms with E-state index in [1.165, 1.54) is 11.3 Å². The molecule has 6 heteroatoms. The molecule has 0 aliphatic heterocycles. The number of aromatic nitrogens is 1. The number of carbonyl (C=O) groups is 1. The van der Waals surface area contributed by atoms with Crippen LogP contribution in [0.3, 0.4) is 0 Å². The number of halogens is 2. The Morgan fingerprint density at radius 1 is 1.44 bits per heavy atom. The highest BCUT2D eigenvalue weighted by Gasteiger charge is 2.09. The van der Waals surface area contributed by atoms with Crippen LogP contribution in [0.25, 0.3) is 0 Å². The molecule has 1 heterocycles. The third-order valence-corrected chi connectivity index (χ3v) is 3.69. The Morgan fingerprint density at radius 3 is 2.83 bits per heavy atom. The van der Waals surface area contributed by atoms with E-state index in [4.69, 9.17) is 23.2 Å². The van der Waals surface area contributed by atoms with Crippen molar-refractivity contribution in [3.8, 4) is 0 Å². The monoisotopic (exact) mass is 300 g/mol. The second-order valence-corrected chi connectivity index (χ2v) is 5.46. The molecule has 94 valence electrons. The van der Waals surface area contributed by atoms with Crippen molar-refractivity contribution in [1.29, 1.82) is 0 Å². The average Bonchev–Trinajstić information content (AvgIpc) is 2.68. The number of nitrogens with zero attached hydrogens (tertiary/aromatic N) is 1. The van der Waals surface area contributed by atoms with Gasteiger partial charge in [0.25, 0.3) is 0 Å². The molecule has 0 saturated carbocycles. The van der Waals surface area contributed by atoms with Gasteiger partial charge >= 0.3 is 0 Å². The van der Waals surface area contributed by atoms with Gasteiger partial charge in [0, 0.05) is 15.4 Å². The predicted molar refractivity (Wildman–Crippen MR) is 75.6 cm³/mol. The summed E-state index contributed by atoms with van der Waals surface area (Å²) in [6.45, 7) is 1.88. The van der Waals surface area contributed by atoms with Crippen molar-refractivity contribution < 1.29 is 4.79 Å². The zero-order valence-electron chi connectivity index (χ0n) is 9.54. The Bertz CT molecular complexity index is 583. The molecule has 1 aromatic carbocycles. The Balaban J connectivity index is 2.03. The first kappa shape index (κ1) is 13.3. The molecule has 1 N–H and O–H groups in total. The van der Waals surface area contributed by atoms with Gasteiger partial charge in [-0.1, -0.05) is 29.3 Å². The van der Waals surface area contributed by atoms with Gasteiger partial charge in [0.05, 0.1) is 12.1 Å². The fourth-order valence-electron chi connectivity index (χ4n) is 1.41. The van der Waals surface area contributed by atoms with Crippen LogP contribution in [-0.4, -0.2) is 10.9 Å². The van der Waals surface area contributed by atoms with E-state index in [1.807, 2.05) is 12.3 Å². The van der Waals surface area contributed by atoms with Gasteiger partial charge < -0.3 is 5.32 Å². The smallest absolute Gasteiger partial charge is 0.230 e. The first-order valence-corrected chi connectivity index (χ1v) is 6.84. The van der Waals surface area contributed by atoms with Gasteiger partial charge in [-0.3, -0.25) is 4.79 Å². The van der Waals surface area contributed by atoms with Gasteiger partial charge in [-0.2, -0.15) is 0 Å². The molecular formula is C12H10Cl2N2OS. The van der Waals surface area contributed by atoms with Crippen LogP contribution in [0.2, 0.25) is 10.0 Å². The molecule has 3 nitrogen and oxygen atoms in total. The number of carbonyl (C=O) groups excluding carboxylic acids is 1. The van der Waals surface area contributed by atoms with E-state index in [1.54, 1.807) is 18.2 Å². The highest BCUT2D eigenvalue weighted by molar-refractivity contribution is 7.13. The van der Waals surface area contributed by atoms with Gasteiger partial charge in [-0.05, 0) is 24.6 Å². The first-order chi connectivity index (χ1) is 8.54. The number of benzene rings is 1. The lowest BCUT2D eigenvalue weighted by Gasteiger charge is -2.04. The lowest BCUT2D eigenvalue weighted by Crippen LogP contribution is -2.14. The predicted octanol–water partition coefficient (Wildman–Crippen LogP) is 3.94. The number of aryl methyl sites for hydroxylation is 1. The summed E-state index contributed by atoms with van der Waals surface area (Å²) in [7, 11) is 0. The van der Waals surface area contributed by atoms with Gasteiger partial charge in [0.2, 0.25) is 5.91 Å². The van der Waals surface area contributed by atoms with Crippen molar-refractivity contribution in [3.05, 3.63) is 44.9 Å². The zero-order chi connectivity index (χ0) is 13.1.